The largest absolute Gasteiger partial charge is 0.376 e. The number of hydrogen-bond acceptors (Lipinski definition) is 6. The van der Waals surface area contributed by atoms with Gasteiger partial charge in [-0.1, -0.05) is 6.92 Å². The summed E-state index contributed by atoms with van der Waals surface area (Å²) in [6, 6.07) is 0. The number of nitrogens with zero attached hydrogens (tertiary/aromatic N) is 3. The molecule has 1 fully saturated rings. The SMILES string of the molecule is CCCNc1nc(Cl)nc(NCC2CCCCO2)n1. The van der Waals surface area contributed by atoms with Crippen molar-refractivity contribution in [2.45, 2.75) is 38.7 Å². The van der Waals surface area contributed by atoms with E-state index in [-0.39, 0.29) is 11.4 Å². The second kappa shape index (κ2) is 7.45. The van der Waals surface area contributed by atoms with Crippen LogP contribution in [0.2, 0.25) is 5.28 Å². The molecule has 1 aromatic rings. The van der Waals surface area contributed by atoms with E-state index in [1.54, 1.807) is 0 Å². The quantitative estimate of drug-likeness (QED) is 0.836. The number of hydrogen-bond donors (Lipinski definition) is 2. The third kappa shape index (κ3) is 4.80. The summed E-state index contributed by atoms with van der Waals surface area (Å²) < 4.78 is 5.64. The van der Waals surface area contributed by atoms with Crippen LogP contribution < -0.4 is 10.6 Å². The third-order valence-electron chi connectivity index (χ3n) is 2.90. The molecule has 1 unspecified atom stereocenters. The Morgan fingerprint density at radius 2 is 2.00 bits per heavy atom. The van der Waals surface area contributed by atoms with E-state index in [9.17, 15) is 0 Å². The fourth-order valence-corrected chi connectivity index (χ4v) is 2.08. The van der Waals surface area contributed by atoms with Crippen LogP contribution in [0.4, 0.5) is 11.9 Å². The van der Waals surface area contributed by atoms with Gasteiger partial charge in [-0.3, -0.25) is 0 Å². The van der Waals surface area contributed by atoms with Gasteiger partial charge >= 0.3 is 0 Å². The fourth-order valence-electron chi connectivity index (χ4n) is 1.92. The van der Waals surface area contributed by atoms with Crippen LogP contribution in [-0.4, -0.2) is 40.8 Å². The molecule has 7 heteroatoms. The first-order valence-corrected chi connectivity index (χ1v) is 7.16. The number of halogens is 1. The Labute approximate surface area is 118 Å². The lowest BCUT2D eigenvalue weighted by Gasteiger charge is -2.22. The zero-order valence-electron chi connectivity index (χ0n) is 11.2. The highest BCUT2D eigenvalue weighted by Crippen LogP contribution is 2.14. The molecule has 0 radical (unpaired) electrons. The minimum absolute atomic E-state index is 0.195. The highest BCUT2D eigenvalue weighted by atomic mass is 35.5. The Balaban J connectivity index is 1.89. The van der Waals surface area contributed by atoms with Gasteiger partial charge in [0, 0.05) is 19.7 Å². The van der Waals surface area contributed by atoms with Gasteiger partial charge in [0.25, 0.3) is 0 Å². The van der Waals surface area contributed by atoms with Crippen LogP contribution in [0.1, 0.15) is 32.6 Å². The van der Waals surface area contributed by atoms with Crippen molar-refractivity contribution in [2.24, 2.45) is 0 Å². The lowest BCUT2D eigenvalue weighted by atomic mass is 10.1. The van der Waals surface area contributed by atoms with Gasteiger partial charge in [-0.15, -0.1) is 0 Å². The zero-order valence-corrected chi connectivity index (χ0v) is 11.9. The molecular formula is C12H20ClN5O. The number of nitrogens with one attached hydrogen (secondary N) is 2. The number of rotatable bonds is 6. The molecule has 6 nitrogen and oxygen atoms in total. The van der Waals surface area contributed by atoms with E-state index in [1.165, 1.54) is 6.42 Å². The summed E-state index contributed by atoms with van der Waals surface area (Å²) in [5.74, 6) is 1.00. The molecule has 2 N–H and O–H groups in total. The van der Waals surface area contributed by atoms with Crippen molar-refractivity contribution in [3.8, 4) is 0 Å². The second-order valence-corrected chi connectivity index (χ2v) is 4.89. The Morgan fingerprint density at radius 1 is 1.21 bits per heavy atom. The van der Waals surface area contributed by atoms with Gasteiger partial charge in [-0.05, 0) is 37.3 Å². The number of ether oxygens (including phenoxy) is 1. The maximum Gasteiger partial charge on any atom is 0.228 e. The summed E-state index contributed by atoms with van der Waals surface area (Å²) in [6.45, 7) is 4.43. The standard InChI is InChI=1S/C12H20ClN5O/c1-2-6-14-11-16-10(13)17-12(18-11)15-8-9-5-3-4-7-19-9/h9H,2-8H2,1H3,(H2,14,15,16,17,18). The molecule has 19 heavy (non-hydrogen) atoms. The first-order chi connectivity index (χ1) is 9.28. The summed E-state index contributed by atoms with van der Waals surface area (Å²) in [5, 5.41) is 6.45. The predicted molar refractivity (Wildman–Crippen MR) is 75.7 cm³/mol. The van der Waals surface area contributed by atoms with Crippen LogP contribution in [0.5, 0.6) is 0 Å². The Morgan fingerprint density at radius 3 is 2.68 bits per heavy atom. The van der Waals surface area contributed by atoms with Crippen molar-refractivity contribution in [1.29, 1.82) is 0 Å². The minimum Gasteiger partial charge on any atom is -0.376 e. The van der Waals surface area contributed by atoms with Crippen LogP contribution in [0, 0.1) is 0 Å². The molecule has 1 aliphatic rings. The van der Waals surface area contributed by atoms with Crippen LogP contribution >= 0.6 is 11.6 Å². The average Bonchev–Trinajstić information content (AvgIpc) is 2.43. The molecule has 106 valence electrons. The van der Waals surface area contributed by atoms with Crippen molar-refractivity contribution in [1.82, 2.24) is 15.0 Å². The molecule has 0 spiro atoms. The monoisotopic (exact) mass is 285 g/mol. The van der Waals surface area contributed by atoms with Gasteiger partial charge in [-0.2, -0.15) is 15.0 Å². The highest BCUT2D eigenvalue weighted by molar-refractivity contribution is 6.28. The molecule has 1 saturated heterocycles. The topological polar surface area (TPSA) is 72.0 Å². The molecule has 0 saturated carbocycles. The molecule has 0 bridgehead atoms. The molecular weight excluding hydrogens is 266 g/mol. The smallest absolute Gasteiger partial charge is 0.228 e. The average molecular weight is 286 g/mol. The van der Waals surface area contributed by atoms with E-state index < -0.39 is 0 Å². The van der Waals surface area contributed by atoms with E-state index in [4.69, 9.17) is 16.3 Å². The van der Waals surface area contributed by atoms with Crippen molar-refractivity contribution >= 4 is 23.5 Å². The molecule has 2 rings (SSSR count). The van der Waals surface area contributed by atoms with Gasteiger partial charge in [0.1, 0.15) is 0 Å². The fraction of sp³-hybridized carbons (Fsp3) is 0.750. The van der Waals surface area contributed by atoms with E-state index in [1.807, 2.05) is 0 Å². The Hall–Kier alpha value is -1.14. The molecule has 1 aromatic heterocycles. The van der Waals surface area contributed by atoms with Gasteiger partial charge in [0.15, 0.2) is 0 Å². The maximum atomic E-state index is 5.88. The van der Waals surface area contributed by atoms with Crippen LogP contribution in [0.15, 0.2) is 0 Å². The van der Waals surface area contributed by atoms with Crippen molar-refractivity contribution < 1.29 is 4.74 Å². The van der Waals surface area contributed by atoms with Gasteiger partial charge < -0.3 is 15.4 Å². The van der Waals surface area contributed by atoms with Gasteiger partial charge in [0.05, 0.1) is 6.10 Å². The summed E-state index contributed by atoms with van der Waals surface area (Å²) in [5.41, 5.74) is 0. The van der Waals surface area contributed by atoms with Crippen LogP contribution in [-0.2, 0) is 4.74 Å². The Bertz CT molecular complexity index is 398. The Kier molecular flexibility index (Phi) is 5.60. The summed E-state index contributed by atoms with van der Waals surface area (Å²) in [6.07, 6.45) is 4.68. The van der Waals surface area contributed by atoms with E-state index in [2.05, 4.69) is 32.5 Å². The second-order valence-electron chi connectivity index (χ2n) is 4.55. The maximum absolute atomic E-state index is 5.88. The van der Waals surface area contributed by atoms with E-state index in [0.29, 0.717) is 18.4 Å². The lowest BCUT2D eigenvalue weighted by molar-refractivity contribution is 0.0246. The van der Waals surface area contributed by atoms with Crippen molar-refractivity contribution in [3.63, 3.8) is 0 Å². The summed E-state index contributed by atoms with van der Waals surface area (Å²) in [4.78, 5) is 12.4. The van der Waals surface area contributed by atoms with Crippen molar-refractivity contribution in [2.75, 3.05) is 30.3 Å². The lowest BCUT2D eigenvalue weighted by Crippen LogP contribution is -2.27. The molecule has 0 aliphatic carbocycles. The minimum atomic E-state index is 0.195. The summed E-state index contributed by atoms with van der Waals surface area (Å²) in [7, 11) is 0. The number of anilines is 2. The molecule has 1 aliphatic heterocycles. The summed E-state index contributed by atoms with van der Waals surface area (Å²) >= 11 is 5.88. The first-order valence-electron chi connectivity index (χ1n) is 6.79. The first kappa shape index (κ1) is 14.3. The molecule has 0 amide bonds. The van der Waals surface area contributed by atoms with E-state index in [0.717, 1.165) is 32.4 Å². The normalized spacial score (nSPS) is 19.2. The predicted octanol–water partition coefficient (Wildman–Crippen LogP) is 2.33. The third-order valence-corrected chi connectivity index (χ3v) is 3.07. The van der Waals surface area contributed by atoms with Crippen molar-refractivity contribution in [3.05, 3.63) is 5.28 Å². The molecule has 2 heterocycles. The highest BCUT2D eigenvalue weighted by Gasteiger charge is 2.14. The molecule has 1 atom stereocenters. The molecule has 0 aromatic carbocycles. The van der Waals surface area contributed by atoms with Gasteiger partial charge in [-0.25, -0.2) is 0 Å². The number of aromatic nitrogens is 3. The van der Waals surface area contributed by atoms with Crippen LogP contribution in [0.25, 0.3) is 0 Å². The van der Waals surface area contributed by atoms with Crippen LogP contribution in [0.3, 0.4) is 0 Å². The van der Waals surface area contributed by atoms with E-state index >= 15 is 0 Å². The zero-order chi connectivity index (χ0) is 13.5. The van der Waals surface area contributed by atoms with Gasteiger partial charge in [0.2, 0.25) is 17.2 Å².